The number of furan rings is 1. The molecule has 0 bridgehead atoms. The highest BCUT2D eigenvalue weighted by Gasteiger charge is 2.35. The lowest BCUT2D eigenvalue weighted by molar-refractivity contribution is 0.0678. The lowest BCUT2D eigenvalue weighted by Crippen LogP contribution is -2.27. The van der Waals surface area contributed by atoms with E-state index in [0.29, 0.717) is 28.9 Å². The highest BCUT2D eigenvalue weighted by molar-refractivity contribution is 7.92. The fourth-order valence-electron chi connectivity index (χ4n) is 3.38. The number of nitrogens with zero attached hydrogens (tertiary/aromatic N) is 2. The average Bonchev–Trinajstić information content (AvgIpc) is 3.44. The summed E-state index contributed by atoms with van der Waals surface area (Å²) in [6.45, 7) is 1.55. The third kappa shape index (κ3) is 4.53. The van der Waals surface area contributed by atoms with E-state index in [1.54, 1.807) is 37.3 Å². The summed E-state index contributed by atoms with van der Waals surface area (Å²) in [6.07, 6.45) is 1.72. The number of rotatable bonds is 6. The Labute approximate surface area is 189 Å². The first-order chi connectivity index (χ1) is 15.3. The van der Waals surface area contributed by atoms with Gasteiger partial charge in [-0.25, -0.2) is 17.8 Å². The monoisotopic (exact) mass is 475 g/mol. The van der Waals surface area contributed by atoms with Crippen LogP contribution < -0.4 is 4.72 Å². The molecule has 3 aromatic rings. The molecular weight excluding hydrogens is 457 g/mol. The maximum Gasteiger partial charge on any atom is 0.310 e. The topological polar surface area (TPSA) is 92.0 Å². The minimum Gasteiger partial charge on any atom is -0.459 e. The number of hydrazone groups is 1. The van der Waals surface area contributed by atoms with Gasteiger partial charge in [0.25, 0.3) is 0 Å². The van der Waals surface area contributed by atoms with Gasteiger partial charge in [0.2, 0.25) is 10.0 Å². The van der Waals surface area contributed by atoms with Crippen molar-refractivity contribution in [3.63, 3.8) is 0 Å². The number of carbonyl (C=O) groups excluding carboxylic acids is 1. The van der Waals surface area contributed by atoms with Crippen molar-refractivity contribution >= 4 is 38.9 Å². The van der Waals surface area contributed by atoms with Gasteiger partial charge in [0, 0.05) is 17.1 Å². The number of carbonyl (C=O) groups is 1. The van der Waals surface area contributed by atoms with E-state index in [0.717, 1.165) is 0 Å². The molecule has 10 heteroatoms. The second kappa shape index (κ2) is 8.76. The summed E-state index contributed by atoms with van der Waals surface area (Å²) in [6, 6.07) is 13.3. The molecule has 1 aromatic heterocycles. The maximum atomic E-state index is 13.6. The van der Waals surface area contributed by atoms with Gasteiger partial charge in [-0.15, -0.1) is 0 Å². The van der Waals surface area contributed by atoms with Crippen molar-refractivity contribution in [3.8, 4) is 0 Å². The zero-order chi connectivity index (χ0) is 22.9. The zero-order valence-corrected chi connectivity index (χ0v) is 18.5. The number of sulfonamides is 1. The molecule has 1 aliphatic heterocycles. The van der Waals surface area contributed by atoms with Gasteiger partial charge < -0.3 is 4.42 Å². The standard InChI is InChI=1S/C22H19ClFN3O4S/c1-2-32(29,30)26-16-8-5-14(6-9-16)19-13-20(17-10-7-15(24)12-18(17)23)27(25-19)22(28)21-4-3-11-31-21/h3-12,20,26H,2,13H2,1H3. The fraction of sp³-hybridized carbons (Fsp3) is 0.182. The molecule has 0 fully saturated rings. The van der Waals surface area contributed by atoms with Crippen molar-refractivity contribution < 1.29 is 22.0 Å². The van der Waals surface area contributed by atoms with Crippen LogP contribution in [-0.2, 0) is 10.0 Å². The van der Waals surface area contributed by atoms with Crippen LogP contribution in [-0.4, -0.2) is 30.8 Å². The van der Waals surface area contributed by atoms with Crippen LogP contribution in [0.4, 0.5) is 10.1 Å². The molecule has 1 atom stereocenters. The summed E-state index contributed by atoms with van der Waals surface area (Å²) in [5.41, 5.74) is 2.29. The molecule has 1 amide bonds. The molecule has 0 radical (unpaired) electrons. The first-order valence-corrected chi connectivity index (χ1v) is 11.8. The number of benzene rings is 2. The highest BCUT2D eigenvalue weighted by atomic mass is 35.5. The molecule has 1 unspecified atom stereocenters. The summed E-state index contributed by atoms with van der Waals surface area (Å²) in [4.78, 5) is 13.0. The van der Waals surface area contributed by atoms with Gasteiger partial charge in [0.1, 0.15) is 5.82 Å². The summed E-state index contributed by atoms with van der Waals surface area (Å²) in [5, 5.41) is 5.97. The van der Waals surface area contributed by atoms with Crippen LogP contribution in [0.15, 0.2) is 70.4 Å². The van der Waals surface area contributed by atoms with Crippen LogP contribution >= 0.6 is 11.6 Å². The van der Waals surface area contributed by atoms with Gasteiger partial charge in [-0.05, 0) is 54.4 Å². The van der Waals surface area contributed by atoms with E-state index < -0.39 is 27.8 Å². The first-order valence-electron chi connectivity index (χ1n) is 9.78. The summed E-state index contributed by atoms with van der Waals surface area (Å²) in [5.74, 6) is -0.858. The van der Waals surface area contributed by atoms with Crippen molar-refractivity contribution in [3.05, 3.63) is 88.6 Å². The minimum absolute atomic E-state index is 0.0363. The van der Waals surface area contributed by atoms with Crippen molar-refractivity contribution in [1.29, 1.82) is 0 Å². The van der Waals surface area contributed by atoms with E-state index in [1.807, 2.05) is 0 Å². The van der Waals surface area contributed by atoms with E-state index in [-0.39, 0.29) is 16.5 Å². The van der Waals surface area contributed by atoms with E-state index in [4.69, 9.17) is 16.0 Å². The van der Waals surface area contributed by atoms with Crippen LogP contribution in [0, 0.1) is 5.82 Å². The highest BCUT2D eigenvalue weighted by Crippen LogP contribution is 2.37. The minimum atomic E-state index is -3.39. The average molecular weight is 476 g/mol. The molecule has 4 rings (SSSR count). The Morgan fingerprint density at radius 1 is 1.25 bits per heavy atom. The number of halogens is 2. The van der Waals surface area contributed by atoms with Crippen LogP contribution in [0.25, 0.3) is 0 Å². The maximum absolute atomic E-state index is 13.6. The molecule has 0 saturated heterocycles. The number of anilines is 1. The van der Waals surface area contributed by atoms with Crippen molar-refractivity contribution in [1.82, 2.24) is 5.01 Å². The van der Waals surface area contributed by atoms with Gasteiger partial charge in [-0.2, -0.15) is 5.10 Å². The van der Waals surface area contributed by atoms with Crippen LogP contribution in [0.1, 0.15) is 41.1 Å². The summed E-state index contributed by atoms with van der Waals surface area (Å²) in [7, 11) is -3.39. The smallest absolute Gasteiger partial charge is 0.310 e. The lowest BCUT2D eigenvalue weighted by atomic mass is 9.98. The van der Waals surface area contributed by atoms with Crippen molar-refractivity contribution in [2.75, 3.05) is 10.5 Å². The van der Waals surface area contributed by atoms with Crippen molar-refractivity contribution in [2.45, 2.75) is 19.4 Å². The van der Waals surface area contributed by atoms with E-state index in [9.17, 15) is 17.6 Å². The number of nitrogens with one attached hydrogen (secondary N) is 1. The molecule has 2 aromatic carbocycles. The molecule has 2 heterocycles. The van der Waals surface area contributed by atoms with E-state index in [1.165, 1.54) is 35.5 Å². The molecular formula is C22H19ClFN3O4S. The first kappa shape index (κ1) is 22.0. The molecule has 32 heavy (non-hydrogen) atoms. The molecule has 1 aliphatic rings. The molecule has 0 aliphatic carbocycles. The van der Waals surface area contributed by atoms with Gasteiger partial charge in [-0.3, -0.25) is 9.52 Å². The van der Waals surface area contributed by atoms with Gasteiger partial charge in [0.05, 0.1) is 23.8 Å². The van der Waals surface area contributed by atoms with Crippen LogP contribution in [0.5, 0.6) is 0 Å². The molecule has 0 spiro atoms. The lowest BCUT2D eigenvalue weighted by Gasteiger charge is -2.22. The Balaban J connectivity index is 1.67. The Morgan fingerprint density at radius 2 is 2.00 bits per heavy atom. The Hall–Kier alpha value is -3.17. The number of hydrogen-bond donors (Lipinski definition) is 1. The Bertz CT molecular complexity index is 1280. The van der Waals surface area contributed by atoms with Gasteiger partial charge in [-0.1, -0.05) is 29.8 Å². The zero-order valence-electron chi connectivity index (χ0n) is 17.0. The second-order valence-electron chi connectivity index (χ2n) is 7.14. The third-order valence-electron chi connectivity index (χ3n) is 5.04. The van der Waals surface area contributed by atoms with Gasteiger partial charge in [0.15, 0.2) is 5.76 Å². The quantitative estimate of drug-likeness (QED) is 0.553. The number of amides is 1. The van der Waals surface area contributed by atoms with Gasteiger partial charge >= 0.3 is 5.91 Å². The fourth-order valence-corrected chi connectivity index (χ4v) is 4.31. The van der Waals surface area contributed by atoms with Crippen LogP contribution in [0.3, 0.4) is 0 Å². The summed E-state index contributed by atoms with van der Waals surface area (Å²) >= 11 is 6.28. The Kier molecular flexibility index (Phi) is 6.03. The Morgan fingerprint density at radius 3 is 2.62 bits per heavy atom. The number of hydrogen-bond acceptors (Lipinski definition) is 5. The van der Waals surface area contributed by atoms with Crippen molar-refractivity contribution in [2.24, 2.45) is 5.10 Å². The molecule has 1 N–H and O–H groups in total. The SMILES string of the molecule is CCS(=O)(=O)Nc1ccc(C2=NN(C(=O)c3ccco3)C(c3ccc(F)cc3Cl)C2)cc1. The largest absolute Gasteiger partial charge is 0.459 e. The third-order valence-corrected chi connectivity index (χ3v) is 6.68. The molecule has 166 valence electrons. The predicted octanol–water partition coefficient (Wildman–Crippen LogP) is 4.83. The van der Waals surface area contributed by atoms with E-state index in [2.05, 4.69) is 9.82 Å². The normalized spacial score (nSPS) is 16.2. The molecule has 7 nitrogen and oxygen atoms in total. The summed E-state index contributed by atoms with van der Waals surface area (Å²) < 4.78 is 44.8. The van der Waals surface area contributed by atoms with E-state index >= 15 is 0 Å². The second-order valence-corrected chi connectivity index (χ2v) is 9.56. The van der Waals surface area contributed by atoms with Crippen LogP contribution in [0.2, 0.25) is 5.02 Å². The predicted molar refractivity (Wildman–Crippen MR) is 120 cm³/mol. The molecule has 0 saturated carbocycles.